The normalized spacial score (nSPS) is 13.8. The second-order valence-corrected chi connectivity index (χ2v) is 7.63. The zero-order valence-electron chi connectivity index (χ0n) is 12.6. The largest absolute Gasteiger partial charge is 0.411 e. The van der Waals surface area contributed by atoms with Gasteiger partial charge in [-0.1, -0.05) is 66.7 Å². The van der Waals surface area contributed by atoms with Crippen molar-refractivity contribution in [1.29, 1.82) is 0 Å². The van der Waals surface area contributed by atoms with Crippen molar-refractivity contribution in [3.05, 3.63) is 60.2 Å². The Bertz CT molecular complexity index is 750. The van der Waals surface area contributed by atoms with E-state index >= 15 is 0 Å². The van der Waals surface area contributed by atoms with Crippen LogP contribution in [0.5, 0.6) is 0 Å². The van der Waals surface area contributed by atoms with Gasteiger partial charge in [0.2, 0.25) is 0 Å². The smallest absolute Gasteiger partial charge is 0.158 e. The molecule has 0 radical (unpaired) electrons. The van der Waals surface area contributed by atoms with Crippen molar-refractivity contribution in [2.45, 2.75) is 19.1 Å². The lowest BCUT2D eigenvalue weighted by atomic mass is 10.0. The molecule has 0 aliphatic rings. The van der Waals surface area contributed by atoms with Crippen molar-refractivity contribution < 1.29 is 13.6 Å². The summed E-state index contributed by atoms with van der Waals surface area (Å²) in [5.41, 5.74) is 2.87. The van der Waals surface area contributed by atoms with Crippen LogP contribution in [0.1, 0.15) is 19.4 Å². The van der Waals surface area contributed by atoms with Crippen LogP contribution in [0, 0.1) is 0 Å². The first kappa shape index (κ1) is 16.2. The average molecular weight is 317 g/mol. The van der Waals surface area contributed by atoms with E-state index < -0.39 is 15.1 Å². The molecule has 1 N–H and O–H groups in total. The summed E-state index contributed by atoms with van der Waals surface area (Å²) < 4.78 is 23.9. The van der Waals surface area contributed by atoms with Crippen LogP contribution in [0.3, 0.4) is 0 Å². The second kappa shape index (κ2) is 6.75. The van der Waals surface area contributed by atoms with Crippen LogP contribution in [-0.2, 0) is 9.84 Å². The van der Waals surface area contributed by atoms with E-state index in [0.29, 0.717) is 5.56 Å². The van der Waals surface area contributed by atoms with Crippen molar-refractivity contribution >= 4 is 15.5 Å². The minimum atomic E-state index is -3.31. The Hall–Kier alpha value is -2.14. The second-order valence-electron chi connectivity index (χ2n) is 5.02. The Morgan fingerprint density at radius 1 is 1.05 bits per heavy atom. The SMILES string of the molecule is CCS(=O)(=O)C(C)/C(=N/O)c1ccc(-c2ccccc2)cc1. The van der Waals surface area contributed by atoms with Crippen molar-refractivity contribution in [2.24, 2.45) is 5.16 Å². The van der Waals surface area contributed by atoms with Gasteiger partial charge in [0, 0.05) is 11.3 Å². The van der Waals surface area contributed by atoms with Crippen molar-refractivity contribution in [1.82, 2.24) is 0 Å². The highest BCUT2D eigenvalue weighted by atomic mass is 32.2. The predicted octanol–water partition coefficient (Wildman–Crippen LogP) is 3.36. The third kappa shape index (κ3) is 3.36. The molecule has 0 amide bonds. The number of oxime groups is 1. The maximum absolute atomic E-state index is 12.0. The van der Waals surface area contributed by atoms with E-state index in [-0.39, 0.29) is 11.5 Å². The maximum atomic E-state index is 12.0. The van der Waals surface area contributed by atoms with E-state index in [0.717, 1.165) is 11.1 Å². The summed E-state index contributed by atoms with van der Waals surface area (Å²) in [7, 11) is -3.31. The van der Waals surface area contributed by atoms with E-state index in [2.05, 4.69) is 5.16 Å². The minimum Gasteiger partial charge on any atom is -0.411 e. The molecule has 0 saturated carbocycles. The molecule has 5 heteroatoms. The Labute approximate surface area is 131 Å². The molecule has 0 bridgehead atoms. The molecule has 2 aromatic carbocycles. The average Bonchev–Trinajstić information content (AvgIpc) is 2.57. The maximum Gasteiger partial charge on any atom is 0.158 e. The van der Waals surface area contributed by atoms with Crippen LogP contribution in [0.15, 0.2) is 59.8 Å². The van der Waals surface area contributed by atoms with Gasteiger partial charge in [-0.3, -0.25) is 0 Å². The van der Waals surface area contributed by atoms with Gasteiger partial charge in [0.15, 0.2) is 9.84 Å². The molecule has 1 atom stereocenters. The van der Waals surface area contributed by atoms with Gasteiger partial charge in [-0.25, -0.2) is 8.42 Å². The van der Waals surface area contributed by atoms with E-state index in [1.165, 1.54) is 0 Å². The van der Waals surface area contributed by atoms with Crippen LogP contribution in [0.4, 0.5) is 0 Å². The number of hydrogen-bond acceptors (Lipinski definition) is 4. The monoisotopic (exact) mass is 317 g/mol. The Kier molecular flexibility index (Phi) is 4.98. The molecule has 1 unspecified atom stereocenters. The first-order valence-corrected chi connectivity index (χ1v) is 8.80. The molecule has 0 spiro atoms. The summed E-state index contributed by atoms with van der Waals surface area (Å²) >= 11 is 0. The topological polar surface area (TPSA) is 66.7 Å². The van der Waals surface area contributed by atoms with Gasteiger partial charge in [-0.15, -0.1) is 0 Å². The summed E-state index contributed by atoms with van der Waals surface area (Å²) in [4.78, 5) is 0. The lowest BCUT2D eigenvalue weighted by molar-refractivity contribution is 0.318. The number of benzene rings is 2. The van der Waals surface area contributed by atoms with Gasteiger partial charge in [-0.2, -0.15) is 0 Å². The molecular weight excluding hydrogens is 298 g/mol. The fraction of sp³-hybridized carbons (Fsp3) is 0.235. The Balaban J connectivity index is 2.33. The van der Waals surface area contributed by atoms with Crippen molar-refractivity contribution in [3.63, 3.8) is 0 Å². The van der Waals surface area contributed by atoms with Crippen LogP contribution < -0.4 is 0 Å². The lowest BCUT2D eigenvalue weighted by Crippen LogP contribution is -2.29. The van der Waals surface area contributed by atoms with E-state index in [1.807, 2.05) is 42.5 Å². The van der Waals surface area contributed by atoms with Gasteiger partial charge >= 0.3 is 0 Å². The third-order valence-corrected chi connectivity index (χ3v) is 5.83. The van der Waals surface area contributed by atoms with E-state index in [9.17, 15) is 13.6 Å². The molecule has 116 valence electrons. The number of sulfone groups is 1. The first-order valence-electron chi connectivity index (χ1n) is 7.09. The van der Waals surface area contributed by atoms with Gasteiger partial charge < -0.3 is 5.21 Å². The summed E-state index contributed by atoms with van der Waals surface area (Å²) in [6, 6.07) is 17.2. The lowest BCUT2D eigenvalue weighted by Gasteiger charge is -2.14. The van der Waals surface area contributed by atoms with Gasteiger partial charge in [-0.05, 0) is 18.1 Å². The van der Waals surface area contributed by atoms with Crippen molar-refractivity contribution in [2.75, 3.05) is 5.75 Å². The predicted molar refractivity (Wildman–Crippen MR) is 89.1 cm³/mol. The summed E-state index contributed by atoms with van der Waals surface area (Å²) in [5, 5.41) is 11.6. The Morgan fingerprint density at radius 2 is 1.59 bits per heavy atom. The zero-order chi connectivity index (χ0) is 16.2. The van der Waals surface area contributed by atoms with Gasteiger partial charge in [0.25, 0.3) is 0 Å². The molecule has 0 aromatic heterocycles. The fourth-order valence-corrected chi connectivity index (χ4v) is 3.28. The number of nitrogens with zero attached hydrogens (tertiary/aromatic N) is 1. The quantitative estimate of drug-likeness (QED) is 0.522. The number of rotatable bonds is 5. The molecule has 0 heterocycles. The molecule has 2 rings (SSSR count). The molecule has 0 aliphatic heterocycles. The first-order chi connectivity index (χ1) is 10.5. The molecule has 0 aliphatic carbocycles. The third-order valence-electron chi connectivity index (χ3n) is 3.72. The molecule has 0 fully saturated rings. The van der Waals surface area contributed by atoms with Crippen LogP contribution in [0.25, 0.3) is 11.1 Å². The fourth-order valence-electron chi connectivity index (χ4n) is 2.26. The number of hydrogen-bond donors (Lipinski definition) is 1. The minimum absolute atomic E-state index is 0.00921. The van der Waals surface area contributed by atoms with Crippen LogP contribution in [0.2, 0.25) is 0 Å². The molecule has 22 heavy (non-hydrogen) atoms. The Morgan fingerprint density at radius 3 is 2.09 bits per heavy atom. The summed E-state index contributed by atoms with van der Waals surface area (Å²) in [6.07, 6.45) is 0. The van der Waals surface area contributed by atoms with E-state index in [4.69, 9.17) is 0 Å². The molecule has 2 aromatic rings. The summed E-state index contributed by atoms with van der Waals surface area (Å²) in [5.74, 6) is 0.00921. The molecule has 0 saturated heterocycles. The van der Waals surface area contributed by atoms with Crippen LogP contribution >= 0.6 is 0 Å². The highest BCUT2D eigenvalue weighted by Crippen LogP contribution is 2.21. The van der Waals surface area contributed by atoms with Crippen LogP contribution in [-0.4, -0.2) is 30.3 Å². The van der Waals surface area contributed by atoms with E-state index in [1.54, 1.807) is 26.0 Å². The van der Waals surface area contributed by atoms with Crippen molar-refractivity contribution in [3.8, 4) is 11.1 Å². The molecule has 4 nitrogen and oxygen atoms in total. The van der Waals surface area contributed by atoms with Gasteiger partial charge in [0.05, 0.1) is 0 Å². The van der Waals surface area contributed by atoms with Gasteiger partial charge in [0.1, 0.15) is 11.0 Å². The molecular formula is C17H19NO3S. The standard InChI is InChI=1S/C17H19NO3S/c1-3-22(20,21)13(2)17(18-19)16-11-9-15(10-12-16)14-7-5-4-6-8-14/h4-13,19H,3H2,1-2H3/b18-17-. The zero-order valence-corrected chi connectivity index (χ0v) is 13.4. The highest BCUT2D eigenvalue weighted by molar-refractivity contribution is 7.92. The highest BCUT2D eigenvalue weighted by Gasteiger charge is 2.26. The summed E-state index contributed by atoms with van der Waals surface area (Å²) in [6.45, 7) is 3.12.